The van der Waals surface area contributed by atoms with Gasteiger partial charge in [0.15, 0.2) is 18.9 Å². The van der Waals surface area contributed by atoms with Crippen LogP contribution < -0.4 is 0 Å². The van der Waals surface area contributed by atoms with Crippen molar-refractivity contribution in [1.82, 2.24) is 0 Å². The first-order chi connectivity index (χ1) is 16.0. The molecule has 34 heavy (non-hydrogen) atoms. The average Bonchev–Trinajstić information content (AvgIpc) is 2.83. The zero-order valence-corrected chi connectivity index (χ0v) is 17.7. The van der Waals surface area contributed by atoms with Gasteiger partial charge in [0.25, 0.3) is 0 Å². The number of aliphatic hydroxyl groups is 11. The van der Waals surface area contributed by atoms with Crippen molar-refractivity contribution >= 4 is 0 Å². The van der Waals surface area contributed by atoms with Gasteiger partial charge in [0, 0.05) is 0 Å². The number of aliphatic hydroxyl groups excluding tert-OH is 11. The van der Waals surface area contributed by atoms with Crippen molar-refractivity contribution in [3.05, 3.63) is 0 Å². The van der Waals surface area contributed by atoms with Gasteiger partial charge in [0.05, 0.1) is 19.8 Å². The molecule has 3 saturated heterocycles. The average molecular weight is 504 g/mol. The molecule has 0 aliphatic carbocycles. The Morgan fingerprint density at radius 1 is 0.412 bits per heavy atom. The SMILES string of the molecule is OC[C@H]1O[C@@H](O[C@H]2[C@@H](O[C@H]3O[C@H](CO)[C@@H](O)[C@H](O)[C@H]3O)O[C@H](CO)[C@@H](O)[C@@H]2O)[C@H](O)[C@@H](O)[C@H]1O. The molecular formula is C18H32O16. The maximum Gasteiger partial charge on any atom is 0.190 e. The highest BCUT2D eigenvalue weighted by molar-refractivity contribution is 4.95. The number of hydrogen-bond acceptors (Lipinski definition) is 16. The fraction of sp³-hybridized carbons (Fsp3) is 1.00. The molecule has 0 aromatic rings. The molecule has 0 radical (unpaired) electrons. The maximum absolute atomic E-state index is 10.6. The Labute approximate surface area is 192 Å². The molecular weight excluding hydrogens is 472 g/mol. The summed E-state index contributed by atoms with van der Waals surface area (Å²) in [6.45, 7) is -2.32. The molecule has 11 N–H and O–H groups in total. The molecule has 3 rings (SSSR count). The van der Waals surface area contributed by atoms with E-state index in [1.54, 1.807) is 0 Å². The van der Waals surface area contributed by atoms with Crippen LogP contribution in [0.15, 0.2) is 0 Å². The Hall–Kier alpha value is -0.640. The van der Waals surface area contributed by atoms with E-state index in [1.165, 1.54) is 0 Å². The molecule has 3 fully saturated rings. The van der Waals surface area contributed by atoms with E-state index in [4.69, 9.17) is 23.7 Å². The summed E-state index contributed by atoms with van der Waals surface area (Å²) in [5, 5.41) is 109. The first kappa shape index (κ1) is 27.9. The standard InChI is InChI=1S/C18H32O16/c19-1-4-7(22)10(25)13(28)16(30-4)33-15-12(27)9(24)6(3-21)32-18(15)34-17-14(29)11(26)8(23)5(2-20)31-17/h4-29H,1-3H2/t4-,5-,6-,7+,8-,9-,10+,11+,12+,13-,14-,15-,16+,17-,18-/m1/s1. The van der Waals surface area contributed by atoms with Crippen LogP contribution in [-0.4, -0.2) is 168 Å². The zero-order chi connectivity index (χ0) is 25.3. The van der Waals surface area contributed by atoms with Gasteiger partial charge >= 0.3 is 0 Å². The highest BCUT2D eigenvalue weighted by atomic mass is 16.8. The van der Waals surface area contributed by atoms with E-state index in [2.05, 4.69) is 0 Å². The Kier molecular flexibility index (Phi) is 9.54. The normalized spacial score (nSPS) is 52.5. The van der Waals surface area contributed by atoms with Gasteiger partial charge in [-0.05, 0) is 0 Å². The molecule has 16 heteroatoms. The molecule has 3 heterocycles. The van der Waals surface area contributed by atoms with Gasteiger partial charge in [-0.3, -0.25) is 0 Å². The molecule has 0 unspecified atom stereocenters. The highest BCUT2D eigenvalue weighted by Gasteiger charge is 2.53. The number of rotatable bonds is 7. The van der Waals surface area contributed by atoms with E-state index in [9.17, 15) is 56.2 Å². The second-order valence-electron chi connectivity index (χ2n) is 8.34. The lowest BCUT2D eigenvalue weighted by Crippen LogP contribution is -2.66. The number of hydrogen-bond donors (Lipinski definition) is 11. The molecule has 200 valence electrons. The molecule has 0 bridgehead atoms. The van der Waals surface area contributed by atoms with E-state index in [0.717, 1.165) is 0 Å². The fourth-order valence-corrected chi connectivity index (χ4v) is 3.96. The Morgan fingerprint density at radius 3 is 1.18 bits per heavy atom. The lowest BCUT2D eigenvalue weighted by molar-refractivity contribution is -0.401. The highest BCUT2D eigenvalue weighted by Crippen LogP contribution is 2.32. The lowest BCUT2D eigenvalue weighted by Gasteiger charge is -2.47. The van der Waals surface area contributed by atoms with E-state index in [-0.39, 0.29) is 0 Å². The third-order valence-electron chi connectivity index (χ3n) is 6.08. The molecule has 0 spiro atoms. The third-order valence-corrected chi connectivity index (χ3v) is 6.08. The molecule has 0 saturated carbocycles. The summed E-state index contributed by atoms with van der Waals surface area (Å²) in [4.78, 5) is 0. The van der Waals surface area contributed by atoms with Crippen LogP contribution in [-0.2, 0) is 23.7 Å². The minimum atomic E-state index is -1.88. The van der Waals surface area contributed by atoms with Crippen molar-refractivity contribution < 1.29 is 79.9 Å². The van der Waals surface area contributed by atoms with Crippen LogP contribution in [0.1, 0.15) is 0 Å². The largest absolute Gasteiger partial charge is 0.394 e. The first-order valence-corrected chi connectivity index (χ1v) is 10.6. The summed E-state index contributed by atoms with van der Waals surface area (Å²) >= 11 is 0. The summed E-state index contributed by atoms with van der Waals surface area (Å²) in [7, 11) is 0. The smallest absolute Gasteiger partial charge is 0.190 e. The summed E-state index contributed by atoms with van der Waals surface area (Å²) in [6.07, 6.45) is -25.6. The van der Waals surface area contributed by atoms with Crippen LogP contribution in [0.25, 0.3) is 0 Å². The fourth-order valence-electron chi connectivity index (χ4n) is 3.96. The summed E-state index contributed by atoms with van der Waals surface area (Å²) in [5.41, 5.74) is 0. The molecule has 0 amide bonds. The monoisotopic (exact) mass is 504 g/mol. The van der Waals surface area contributed by atoms with Crippen molar-refractivity contribution in [2.45, 2.75) is 92.1 Å². The zero-order valence-electron chi connectivity index (χ0n) is 17.7. The molecule has 0 aromatic carbocycles. The van der Waals surface area contributed by atoms with Gasteiger partial charge in [0.2, 0.25) is 0 Å². The quantitative estimate of drug-likeness (QED) is 0.154. The molecule has 3 aliphatic rings. The van der Waals surface area contributed by atoms with Crippen LogP contribution in [0.5, 0.6) is 0 Å². The minimum absolute atomic E-state index is 0.762. The van der Waals surface area contributed by atoms with Gasteiger partial charge in [-0.25, -0.2) is 0 Å². The number of ether oxygens (including phenoxy) is 5. The third kappa shape index (κ3) is 5.37. The minimum Gasteiger partial charge on any atom is -0.394 e. The van der Waals surface area contributed by atoms with E-state index >= 15 is 0 Å². The van der Waals surface area contributed by atoms with Crippen molar-refractivity contribution in [2.24, 2.45) is 0 Å². The van der Waals surface area contributed by atoms with E-state index < -0.39 is 112 Å². The van der Waals surface area contributed by atoms with Crippen LogP contribution in [0.4, 0.5) is 0 Å². The van der Waals surface area contributed by atoms with Crippen molar-refractivity contribution in [2.75, 3.05) is 19.8 Å². The summed E-state index contributed by atoms with van der Waals surface area (Å²) < 4.78 is 26.8. The predicted octanol–water partition coefficient (Wildman–Crippen LogP) is -7.57. The van der Waals surface area contributed by atoms with Gasteiger partial charge < -0.3 is 79.9 Å². The Morgan fingerprint density at radius 2 is 0.765 bits per heavy atom. The topological polar surface area (TPSA) is 269 Å². The molecule has 0 aromatic heterocycles. The summed E-state index contributed by atoms with van der Waals surface area (Å²) in [6, 6.07) is 0. The Balaban J connectivity index is 1.81. The van der Waals surface area contributed by atoms with Gasteiger partial charge in [-0.2, -0.15) is 0 Å². The lowest BCUT2D eigenvalue weighted by atomic mass is 9.97. The van der Waals surface area contributed by atoms with Crippen molar-refractivity contribution in [3.8, 4) is 0 Å². The van der Waals surface area contributed by atoms with Gasteiger partial charge in [-0.1, -0.05) is 0 Å². The maximum atomic E-state index is 10.6. The van der Waals surface area contributed by atoms with Gasteiger partial charge in [0.1, 0.15) is 73.2 Å². The first-order valence-electron chi connectivity index (χ1n) is 10.6. The van der Waals surface area contributed by atoms with E-state index in [1.807, 2.05) is 0 Å². The Bertz CT molecular complexity index is 637. The van der Waals surface area contributed by atoms with Crippen molar-refractivity contribution in [1.29, 1.82) is 0 Å². The molecule has 3 aliphatic heterocycles. The van der Waals surface area contributed by atoms with Crippen molar-refractivity contribution in [3.63, 3.8) is 0 Å². The van der Waals surface area contributed by atoms with Crippen LogP contribution in [0, 0.1) is 0 Å². The second kappa shape index (κ2) is 11.6. The summed E-state index contributed by atoms with van der Waals surface area (Å²) in [5.74, 6) is 0. The van der Waals surface area contributed by atoms with Crippen LogP contribution >= 0.6 is 0 Å². The van der Waals surface area contributed by atoms with Gasteiger partial charge in [-0.15, -0.1) is 0 Å². The molecule has 15 atom stereocenters. The molecule has 16 nitrogen and oxygen atoms in total. The van der Waals surface area contributed by atoms with Crippen LogP contribution in [0.2, 0.25) is 0 Å². The second-order valence-corrected chi connectivity index (χ2v) is 8.34. The predicted molar refractivity (Wildman–Crippen MR) is 101 cm³/mol. The van der Waals surface area contributed by atoms with Crippen LogP contribution in [0.3, 0.4) is 0 Å². The van der Waals surface area contributed by atoms with E-state index in [0.29, 0.717) is 0 Å².